The maximum Gasteiger partial charge on any atom is 0.123 e. The fraction of sp³-hybridized carbons (Fsp3) is 0.412. The lowest BCUT2D eigenvalue weighted by Crippen LogP contribution is -2.06. The zero-order chi connectivity index (χ0) is 15.2. The molecule has 2 rings (SSSR count). The van der Waals surface area contributed by atoms with E-state index in [0.717, 1.165) is 42.2 Å². The van der Waals surface area contributed by atoms with E-state index in [-0.39, 0.29) is 11.2 Å². The molecule has 0 amide bonds. The van der Waals surface area contributed by atoms with E-state index in [1.165, 1.54) is 18.4 Å². The molecule has 1 fully saturated rings. The van der Waals surface area contributed by atoms with E-state index < -0.39 is 0 Å². The van der Waals surface area contributed by atoms with Crippen molar-refractivity contribution in [3.63, 3.8) is 0 Å². The van der Waals surface area contributed by atoms with Crippen molar-refractivity contribution in [1.82, 2.24) is 0 Å². The molecule has 0 spiro atoms. The van der Waals surface area contributed by atoms with Crippen LogP contribution in [-0.4, -0.2) is 10.2 Å². The molecule has 2 N–H and O–H groups in total. The number of hydrogen-bond acceptors (Lipinski definition) is 2. The predicted molar refractivity (Wildman–Crippen MR) is 80.2 cm³/mol. The van der Waals surface area contributed by atoms with Gasteiger partial charge in [0.1, 0.15) is 5.82 Å². The second kappa shape index (κ2) is 7.13. The van der Waals surface area contributed by atoms with Crippen LogP contribution in [0.1, 0.15) is 38.7 Å². The van der Waals surface area contributed by atoms with Gasteiger partial charge in [0, 0.05) is 5.41 Å². The molecule has 1 aromatic rings. The van der Waals surface area contributed by atoms with Crippen molar-refractivity contribution in [3.8, 4) is 0 Å². The fourth-order valence-corrected chi connectivity index (χ4v) is 2.30. The Balaban J connectivity index is 0.000000217. The van der Waals surface area contributed by atoms with Crippen LogP contribution >= 0.6 is 0 Å². The SMILES string of the molecule is CC/C(=C/O)C1(/C(C)=C/O)CC1.Cc1ccc(F)cc1. The van der Waals surface area contributed by atoms with Crippen LogP contribution in [0.4, 0.5) is 4.39 Å². The van der Waals surface area contributed by atoms with Gasteiger partial charge in [-0.05, 0) is 56.4 Å². The Labute approximate surface area is 120 Å². The van der Waals surface area contributed by atoms with Gasteiger partial charge in [-0.1, -0.05) is 24.6 Å². The molecule has 0 saturated heterocycles. The van der Waals surface area contributed by atoms with Gasteiger partial charge in [-0.25, -0.2) is 4.39 Å². The van der Waals surface area contributed by atoms with E-state index in [9.17, 15) is 4.39 Å². The molecule has 0 radical (unpaired) electrons. The zero-order valence-corrected chi connectivity index (χ0v) is 12.4. The van der Waals surface area contributed by atoms with Crippen molar-refractivity contribution in [2.75, 3.05) is 0 Å². The lowest BCUT2D eigenvalue weighted by atomic mass is 9.88. The smallest absolute Gasteiger partial charge is 0.123 e. The summed E-state index contributed by atoms with van der Waals surface area (Å²) in [7, 11) is 0. The number of aliphatic hydroxyl groups excluding tert-OH is 2. The van der Waals surface area contributed by atoms with E-state index in [0.29, 0.717) is 0 Å². The van der Waals surface area contributed by atoms with Crippen molar-refractivity contribution < 1.29 is 14.6 Å². The highest BCUT2D eigenvalue weighted by atomic mass is 19.1. The third-order valence-corrected chi connectivity index (χ3v) is 3.86. The summed E-state index contributed by atoms with van der Waals surface area (Å²) in [6.45, 7) is 5.86. The normalized spacial score (nSPS) is 17.2. The first kappa shape index (κ1) is 16.3. The maximum atomic E-state index is 12.1. The van der Waals surface area contributed by atoms with Gasteiger partial charge in [0.15, 0.2) is 0 Å². The molecular formula is C17H23FO2. The first-order valence-corrected chi connectivity index (χ1v) is 6.87. The van der Waals surface area contributed by atoms with Gasteiger partial charge in [-0.15, -0.1) is 0 Å². The lowest BCUT2D eigenvalue weighted by Gasteiger charge is -2.16. The van der Waals surface area contributed by atoms with Gasteiger partial charge in [0.05, 0.1) is 12.5 Å². The summed E-state index contributed by atoms with van der Waals surface area (Å²) in [6, 6.07) is 6.40. The summed E-state index contributed by atoms with van der Waals surface area (Å²) in [5.74, 6) is -0.171. The van der Waals surface area contributed by atoms with Crippen molar-refractivity contribution >= 4 is 0 Å². The van der Waals surface area contributed by atoms with Crippen LogP contribution in [0.2, 0.25) is 0 Å². The molecule has 1 aromatic carbocycles. The molecule has 3 heteroatoms. The van der Waals surface area contributed by atoms with Crippen molar-refractivity contribution in [3.05, 3.63) is 59.3 Å². The molecule has 2 nitrogen and oxygen atoms in total. The summed E-state index contributed by atoms with van der Waals surface area (Å²) < 4.78 is 12.1. The number of aryl methyl sites for hydroxylation is 1. The summed E-state index contributed by atoms with van der Waals surface area (Å²) in [5, 5.41) is 17.9. The molecule has 0 aliphatic heterocycles. The minimum absolute atomic E-state index is 0.00174. The monoisotopic (exact) mass is 278 g/mol. The zero-order valence-electron chi connectivity index (χ0n) is 12.4. The Kier molecular flexibility index (Phi) is 5.81. The molecular weight excluding hydrogens is 255 g/mol. The number of hydrogen-bond donors (Lipinski definition) is 2. The highest BCUT2D eigenvalue weighted by Crippen LogP contribution is 2.57. The van der Waals surface area contributed by atoms with Gasteiger partial charge < -0.3 is 10.2 Å². The number of benzene rings is 1. The van der Waals surface area contributed by atoms with Crippen molar-refractivity contribution in [1.29, 1.82) is 0 Å². The fourth-order valence-electron chi connectivity index (χ4n) is 2.30. The Morgan fingerprint density at radius 2 is 1.75 bits per heavy atom. The topological polar surface area (TPSA) is 40.5 Å². The minimum Gasteiger partial charge on any atom is -0.516 e. The second-order valence-corrected chi connectivity index (χ2v) is 5.20. The summed E-state index contributed by atoms with van der Waals surface area (Å²) in [5.41, 5.74) is 3.08. The standard InChI is InChI=1S/C10H16O2.C7H7F/c1-3-9(7-12)10(4-5-10)8(2)6-11;1-6-2-4-7(8)5-3-6/h6-7,11-12H,3-5H2,1-2H3;2-5H,1H3/b8-6+,9-7-;. The molecule has 0 heterocycles. The van der Waals surface area contributed by atoms with E-state index in [4.69, 9.17) is 10.2 Å². The molecule has 0 aromatic heterocycles. The third-order valence-electron chi connectivity index (χ3n) is 3.86. The van der Waals surface area contributed by atoms with Crippen LogP contribution in [-0.2, 0) is 0 Å². The highest BCUT2D eigenvalue weighted by molar-refractivity contribution is 5.33. The number of rotatable bonds is 3. The number of allylic oxidation sites excluding steroid dienone is 2. The average Bonchev–Trinajstić information content (AvgIpc) is 3.25. The largest absolute Gasteiger partial charge is 0.516 e. The average molecular weight is 278 g/mol. The van der Waals surface area contributed by atoms with Crippen LogP contribution in [0.25, 0.3) is 0 Å². The third kappa shape index (κ3) is 3.86. The summed E-state index contributed by atoms with van der Waals surface area (Å²) >= 11 is 0. The van der Waals surface area contributed by atoms with Crippen LogP contribution in [0, 0.1) is 18.2 Å². The van der Waals surface area contributed by atoms with E-state index in [1.54, 1.807) is 12.1 Å². The first-order chi connectivity index (χ1) is 9.50. The molecule has 1 aliphatic carbocycles. The first-order valence-electron chi connectivity index (χ1n) is 6.87. The summed E-state index contributed by atoms with van der Waals surface area (Å²) in [4.78, 5) is 0. The van der Waals surface area contributed by atoms with E-state index in [1.807, 2.05) is 20.8 Å². The maximum absolute atomic E-state index is 12.1. The quantitative estimate of drug-likeness (QED) is 0.745. The molecule has 110 valence electrons. The Hall–Kier alpha value is -1.77. The van der Waals surface area contributed by atoms with Crippen molar-refractivity contribution in [2.45, 2.75) is 40.0 Å². The summed E-state index contributed by atoms with van der Waals surface area (Å²) in [6.07, 6.45) is 5.31. The van der Waals surface area contributed by atoms with Crippen LogP contribution in [0.3, 0.4) is 0 Å². The molecule has 20 heavy (non-hydrogen) atoms. The van der Waals surface area contributed by atoms with Gasteiger partial charge in [0.2, 0.25) is 0 Å². The predicted octanol–water partition coefficient (Wildman–Crippen LogP) is 5.21. The lowest BCUT2D eigenvalue weighted by molar-refractivity contribution is 0.438. The van der Waals surface area contributed by atoms with E-state index >= 15 is 0 Å². The van der Waals surface area contributed by atoms with Gasteiger partial charge in [-0.3, -0.25) is 0 Å². The highest BCUT2D eigenvalue weighted by Gasteiger charge is 2.47. The molecule has 0 bridgehead atoms. The molecule has 1 aliphatic rings. The van der Waals surface area contributed by atoms with Gasteiger partial charge in [0.25, 0.3) is 0 Å². The minimum atomic E-state index is -0.171. The van der Waals surface area contributed by atoms with Crippen LogP contribution in [0.5, 0.6) is 0 Å². The van der Waals surface area contributed by atoms with Crippen LogP contribution < -0.4 is 0 Å². The number of halogens is 1. The molecule has 0 unspecified atom stereocenters. The Morgan fingerprint density at radius 1 is 1.20 bits per heavy atom. The van der Waals surface area contributed by atoms with Gasteiger partial charge >= 0.3 is 0 Å². The van der Waals surface area contributed by atoms with Crippen molar-refractivity contribution in [2.24, 2.45) is 5.41 Å². The van der Waals surface area contributed by atoms with Gasteiger partial charge in [-0.2, -0.15) is 0 Å². The molecule has 1 saturated carbocycles. The molecule has 0 atom stereocenters. The Morgan fingerprint density at radius 3 is 2.05 bits per heavy atom. The Bertz CT molecular complexity index is 461. The number of aliphatic hydroxyl groups is 2. The second-order valence-electron chi connectivity index (χ2n) is 5.20. The van der Waals surface area contributed by atoms with Crippen LogP contribution in [0.15, 0.2) is 47.9 Å². The van der Waals surface area contributed by atoms with E-state index in [2.05, 4.69) is 0 Å².